The summed E-state index contributed by atoms with van der Waals surface area (Å²) < 4.78 is 0. The molecule has 2 N–H and O–H groups in total. The van der Waals surface area contributed by atoms with Gasteiger partial charge in [0.2, 0.25) is 0 Å². The second kappa shape index (κ2) is 9.58. The molecule has 0 bridgehead atoms. The molecule has 1 aliphatic rings. The first-order chi connectivity index (χ1) is 9.72. The van der Waals surface area contributed by atoms with Crippen LogP contribution in [0, 0.1) is 6.92 Å². The van der Waals surface area contributed by atoms with E-state index in [4.69, 9.17) is 0 Å². The highest BCUT2D eigenvalue weighted by molar-refractivity contribution is 14.0. The molecule has 1 aromatic heterocycles. The largest absolute Gasteiger partial charge is 0.355 e. The van der Waals surface area contributed by atoms with E-state index in [1.165, 1.54) is 24.3 Å². The molecular formula is C14H26IN5S. The van der Waals surface area contributed by atoms with Gasteiger partial charge in [0, 0.05) is 30.7 Å². The molecule has 1 atom stereocenters. The van der Waals surface area contributed by atoms with E-state index in [9.17, 15) is 0 Å². The Hall–Kier alpha value is -0.410. The predicted molar refractivity (Wildman–Crippen MR) is 101 cm³/mol. The van der Waals surface area contributed by atoms with Crippen molar-refractivity contribution in [1.29, 1.82) is 0 Å². The molecule has 0 radical (unpaired) electrons. The van der Waals surface area contributed by atoms with Gasteiger partial charge in [0.15, 0.2) is 5.96 Å². The van der Waals surface area contributed by atoms with Crippen LogP contribution in [-0.2, 0) is 6.54 Å². The third-order valence-electron chi connectivity index (χ3n) is 3.73. The Morgan fingerprint density at radius 2 is 2.33 bits per heavy atom. The molecule has 1 aromatic rings. The first-order valence-electron chi connectivity index (χ1n) is 7.32. The van der Waals surface area contributed by atoms with Crippen LogP contribution in [0.4, 0.5) is 0 Å². The first kappa shape index (κ1) is 18.6. The van der Waals surface area contributed by atoms with Crippen molar-refractivity contribution in [3.63, 3.8) is 0 Å². The summed E-state index contributed by atoms with van der Waals surface area (Å²) in [6.07, 6.45) is 4.52. The highest BCUT2D eigenvalue weighted by Gasteiger charge is 2.22. The molecular weight excluding hydrogens is 397 g/mol. The van der Waals surface area contributed by atoms with Crippen LogP contribution < -0.4 is 10.6 Å². The average molecular weight is 423 g/mol. The number of thiazole rings is 1. The second-order valence-electron chi connectivity index (χ2n) is 5.08. The summed E-state index contributed by atoms with van der Waals surface area (Å²) in [5.41, 5.74) is 0. The number of nitrogens with one attached hydrogen (secondary N) is 2. The van der Waals surface area contributed by atoms with Crippen LogP contribution in [0.3, 0.4) is 0 Å². The van der Waals surface area contributed by atoms with E-state index < -0.39 is 0 Å². The maximum Gasteiger partial charge on any atom is 0.191 e. The number of likely N-dealkylation sites (tertiary alicyclic amines) is 1. The molecule has 0 aliphatic carbocycles. The second-order valence-corrected chi connectivity index (χ2v) is 6.40. The molecule has 1 fully saturated rings. The lowest BCUT2D eigenvalue weighted by molar-refractivity contribution is 0.267. The zero-order valence-electron chi connectivity index (χ0n) is 13.1. The Kier molecular flexibility index (Phi) is 8.50. The van der Waals surface area contributed by atoms with E-state index in [0.29, 0.717) is 6.04 Å². The summed E-state index contributed by atoms with van der Waals surface area (Å²) in [6, 6.07) is 0.643. The normalized spacial score (nSPS) is 19.4. The lowest BCUT2D eigenvalue weighted by Crippen LogP contribution is -2.44. The van der Waals surface area contributed by atoms with E-state index >= 15 is 0 Å². The Bertz CT molecular complexity index is 448. The van der Waals surface area contributed by atoms with Gasteiger partial charge in [-0.05, 0) is 32.9 Å². The van der Waals surface area contributed by atoms with Crippen molar-refractivity contribution in [2.45, 2.75) is 39.3 Å². The molecule has 0 aromatic carbocycles. The third kappa shape index (κ3) is 5.71. The van der Waals surface area contributed by atoms with Crippen molar-refractivity contribution in [3.05, 3.63) is 16.1 Å². The van der Waals surface area contributed by atoms with E-state index in [1.54, 1.807) is 11.3 Å². The summed E-state index contributed by atoms with van der Waals surface area (Å²) in [6.45, 7) is 8.38. The minimum Gasteiger partial charge on any atom is -0.355 e. The lowest BCUT2D eigenvalue weighted by atomic mass is 10.2. The molecule has 1 saturated heterocycles. The van der Waals surface area contributed by atoms with E-state index in [-0.39, 0.29) is 24.0 Å². The van der Waals surface area contributed by atoms with Crippen molar-refractivity contribution >= 4 is 41.3 Å². The van der Waals surface area contributed by atoms with Crippen molar-refractivity contribution in [2.75, 3.05) is 26.7 Å². The van der Waals surface area contributed by atoms with Crippen LogP contribution in [0.15, 0.2) is 11.2 Å². The number of aryl methyl sites for hydroxylation is 1. The zero-order valence-corrected chi connectivity index (χ0v) is 16.2. The number of rotatable bonds is 5. The fraction of sp³-hybridized carbons (Fsp3) is 0.714. The molecule has 0 spiro atoms. The highest BCUT2D eigenvalue weighted by atomic mass is 127. The van der Waals surface area contributed by atoms with Gasteiger partial charge in [-0.1, -0.05) is 6.92 Å². The Labute approximate surface area is 148 Å². The smallest absolute Gasteiger partial charge is 0.191 e. The van der Waals surface area contributed by atoms with Crippen LogP contribution in [0.2, 0.25) is 0 Å². The number of hydrogen-bond acceptors (Lipinski definition) is 4. The number of aliphatic imine (C=N–C) groups is 1. The van der Waals surface area contributed by atoms with Gasteiger partial charge in [-0.15, -0.1) is 35.3 Å². The number of halogens is 1. The summed E-state index contributed by atoms with van der Waals surface area (Å²) in [5.74, 6) is 0.874. The van der Waals surface area contributed by atoms with Crippen molar-refractivity contribution < 1.29 is 0 Å². The molecule has 1 aliphatic heterocycles. The summed E-state index contributed by atoms with van der Waals surface area (Å²) in [4.78, 5) is 12.3. The maximum atomic E-state index is 4.28. The molecule has 0 saturated carbocycles. The van der Waals surface area contributed by atoms with E-state index in [2.05, 4.69) is 32.4 Å². The average Bonchev–Trinajstić information content (AvgIpc) is 3.07. The van der Waals surface area contributed by atoms with Gasteiger partial charge in [-0.2, -0.15) is 0 Å². The van der Waals surface area contributed by atoms with Crippen LogP contribution in [-0.4, -0.2) is 48.6 Å². The van der Waals surface area contributed by atoms with Crippen LogP contribution in [0.1, 0.15) is 29.7 Å². The van der Waals surface area contributed by atoms with Crippen molar-refractivity contribution in [3.8, 4) is 0 Å². The standard InChI is InChI=1S/C14H25N5S.HI/c1-4-19-7-5-6-12(19)8-17-14(15-3)18-10-13-9-16-11(2)20-13;/h9,12H,4-8,10H2,1-3H3,(H2,15,17,18);1H. The van der Waals surface area contributed by atoms with Gasteiger partial charge in [-0.3, -0.25) is 9.89 Å². The van der Waals surface area contributed by atoms with Gasteiger partial charge in [0.1, 0.15) is 0 Å². The molecule has 21 heavy (non-hydrogen) atoms. The number of aromatic nitrogens is 1. The SMILES string of the molecule is CCN1CCCC1CNC(=NC)NCc1cnc(C)s1.I. The minimum absolute atomic E-state index is 0. The quantitative estimate of drug-likeness (QED) is 0.433. The molecule has 1 unspecified atom stereocenters. The van der Waals surface area contributed by atoms with Crippen molar-refractivity contribution in [2.24, 2.45) is 4.99 Å². The highest BCUT2D eigenvalue weighted by Crippen LogP contribution is 2.15. The minimum atomic E-state index is 0. The number of likely N-dealkylation sites (N-methyl/N-ethyl adjacent to an activating group) is 1. The van der Waals surface area contributed by atoms with E-state index in [0.717, 1.165) is 30.6 Å². The summed E-state index contributed by atoms with van der Waals surface area (Å²) >= 11 is 1.72. The maximum absolute atomic E-state index is 4.28. The van der Waals surface area contributed by atoms with Crippen LogP contribution in [0.5, 0.6) is 0 Å². The van der Waals surface area contributed by atoms with Gasteiger partial charge < -0.3 is 10.6 Å². The molecule has 0 amide bonds. The van der Waals surface area contributed by atoms with Crippen LogP contribution >= 0.6 is 35.3 Å². The van der Waals surface area contributed by atoms with Gasteiger partial charge in [0.05, 0.1) is 11.6 Å². The molecule has 2 heterocycles. The number of guanidine groups is 1. The Balaban J connectivity index is 0.00000220. The third-order valence-corrected chi connectivity index (χ3v) is 4.65. The number of hydrogen-bond donors (Lipinski definition) is 2. The van der Waals surface area contributed by atoms with Gasteiger partial charge >= 0.3 is 0 Å². The zero-order chi connectivity index (χ0) is 14.4. The fourth-order valence-corrected chi connectivity index (χ4v) is 3.37. The van der Waals surface area contributed by atoms with Gasteiger partial charge in [-0.25, -0.2) is 4.98 Å². The summed E-state index contributed by atoms with van der Waals surface area (Å²) in [7, 11) is 1.82. The lowest BCUT2D eigenvalue weighted by Gasteiger charge is -2.23. The predicted octanol–water partition coefficient (Wildman–Crippen LogP) is 2.22. The topological polar surface area (TPSA) is 52.5 Å². The Morgan fingerprint density at radius 1 is 1.52 bits per heavy atom. The van der Waals surface area contributed by atoms with Crippen molar-refractivity contribution in [1.82, 2.24) is 20.5 Å². The molecule has 5 nitrogen and oxygen atoms in total. The first-order valence-corrected chi connectivity index (χ1v) is 8.14. The van der Waals surface area contributed by atoms with Crippen LogP contribution in [0.25, 0.3) is 0 Å². The fourth-order valence-electron chi connectivity index (χ4n) is 2.64. The summed E-state index contributed by atoms with van der Waals surface area (Å²) in [5, 5.41) is 7.89. The molecule has 2 rings (SSSR count). The molecule has 120 valence electrons. The Morgan fingerprint density at radius 3 is 2.95 bits per heavy atom. The monoisotopic (exact) mass is 423 g/mol. The molecule has 7 heteroatoms. The van der Waals surface area contributed by atoms with Gasteiger partial charge in [0.25, 0.3) is 0 Å². The number of nitrogens with zero attached hydrogens (tertiary/aromatic N) is 3. The van der Waals surface area contributed by atoms with E-state index in [1.807, 2.05) is 20.2 Å².